The molecule has 3 rings (SSSR count). The lowest BCUT2D eigenvalue weighted by Crippen LogP contribution is -2.44. The van der Waals surface area contributed by atoms with E-state index >= 15 is 0 Å². The highest BCUT2D eigenvalue weighted by molar-refractivity contribution is 6.62. The summed E-state index contributed by atoms with van der Waals surface area (Å²) in [5.41, 5.74) is -1.64. The number of nitriles is 1. The molecular formula is C18H26BN3O2. The van der Waals surface area contributed by atoms with E-state index in [1.165, 1.54) is 12.1 Å². The van der Waals surface area contributed by atoms with E-state index in [1.807, 2.05) is 33.8 Å². The molecule has 24 heavy (non-hydrogen) atoms. The third-order valence-corrected chi connectivity index (χ3v) is 4.47. The summed E-state index contributed by atoms with van der Waals surface area (Å²) < 4.78 is 101. The van der Waals surface area contributed by atoms with E-state index in [9.17, 15) is 5.26 Å². The predicted octanol–water partition coefficient (Wildman–Crippen LogP) is 1.61. The van der Waals surface area contributed by atoms with Crippen molar-refractivity contribution in [1.82, 2.24) is 4.90 Å². The quantitative estimate of drug-likeness (QED) is 0.767. The highest BCUT2D eigenvalue weighted by Crippen LogP contribution is 2.36. The maximum atomic E-state index is 9.78. The maximum absolute atomic E-state index is 9.78. The van der Waals surface area contributed by atoms with Crippen molar-refractivity contribution in [2.75, 3.05) is 37.9 Å². The van der Waals surface area contributed by atoms with Crippen molar-refractivity contribution in [1.29, 1.82) is 5.26 Å². The Morgan fingerprint density at radius 3 is 2.33 bits per heavy atom. The van der Waals surface area contributed by atoms with Gasteiger partial charge in [-0.25, -0.2) is 0 Å². The minimum absolute atomic E-state index is 0.0908. The van der Waals surface area contributed by atoms with E-state index in [4.69, 9.17) is 24.4 Å². The van der Waals surface area contributed by atoms with Crippen LogP contribution in [0.5, 0.6) is 0 Å². The van der Waals surface area contributed by atoms with Crippen LogP contribution in [0.1, 0.15) is 48.3 Å². The van der Waals surface area contributed by atoms with Crippen LogP contribution in [-0.2, 0) is 9.31 Å². The Kier molecular flexibility index (Phi) is 2.08. The molecule has 2 saturated heterocycles. The predicted molar refractivity (Wildman–Crippen MR) is 96.6 cm³/mol. The molecule has 1 aromatic carbocycles. The number of anilines is 1. The van der Waals surface area contributed by atoms with Gasteiger partial charge in [0.05, 0.1) is 28.3 Å². The Hall–Kier alpha value is -1.55. The average Bonchev–Trinajstić information content (AvgIpc) is 2.85. The van der Waals surface area contributed by atoms with Crippen LogP contribution in [0.2, 0.25) is 0 Å². The molecule has 2 fully saturated rings. The molecule has 0 aromatic heterocycles. The second-order valence-corrected chi connectivity index (χ2v) is 6.59. The van der Waals surface area contributed by atoms with Crippen LogP contribution in [0.4, 0.5) is 5.69 Å². The topological polar surface area (TPSA) is 48.7 Å². The first-order valence-electron chi connectivity index (χ1n) is 13.0. The van der Waals surface area contributed by atoms with E-state index in [0.29, 0.717) is 0 Å². The molecule has 0 unspecified atom stereocenters. The summed E-state index contributed by atoms with van der Waals surface area (Å²) in [6.45, 7) is -10.0. The lowest BCUT2D eigenvalue weighted by molar-refractivity contribution is 0.00578. The minimum atomic E-state index is -3.51. The first kappa shape index (κ1) is 8.22. The molecule has 0 amide bonds. The largest absolute Gasteiger partial charge is 0.496 e. The van der Waals surface area contributed by atoms with Gasteiger partial charge in [0.2, 0.25) is 0 Å². The van der Waals surface area contributed by atoms with Gasteiger partial charge in [-0.2, -0.15) is 5.26 Å². The van der Waals surface area contributed by atoms with Gasteiger partial charge in [0, 0.05) is 46.7 Å². The van der Waals surface area contributed by atoms with E-state index in [-0.39, 0.29) is 21.6 Å². The summed E-state index contributed by atoms with van der Waals surface area (Å²) in [4.78, 5) is -0.190. The Bertz CT molecular complexity index is 1020. The Morgan fingerprint density at radius 2 is 1.79 bits per heavy atom. The molecule has 2 heterocycles. The zero-order valence-corrected chi connectivity index (χ0v) is 14.0. The Balaban J connectivity index is 2.17. The molecule has 5 nitrogen and oxygen atoms in total. The lowest BCUT2D eigenvalue weighted by Gasteiger charge is -2.34. The summed E-state index contributed by atoms with van der Waals surface area (Å²) in [5.74, 6) is 0. The molecule has 0 saturated carbocycles. The highest BCUT2D eigenvalue weighted by Gasteiger charge is 2.52. The fourth-order valence-corrected chi connectivity index (χ4v) is 2.34. The van der Waals surface area contributed by atoms with Crippen LogP contribution in [0.3, 0.4) is 0 Å². The highest BCUT2D eigenvalue weighted by atomic mass is 16.7. The van der Waals surface area contributed by atoms with Crippen molar-refractivity contribution in [3.63, 3.8) is 0 Å². The molecule has 128 valence electrons. The van der Waals surface area contributed by atoms with Crippen molar-refractivity contribution in [3.05, 3.63) is 23.8 Å². The van der Waals surface area contributed by atoms with E-state index < -0.39 is 56.2 Å². The van der Waals surface area contributed by atoms with Crippen molar-refractivity contribution < 1.29 is 24.4 Å². The van der Waals surface area contributed by atoms with Crippen LogP contribution in [-0.4, -0.2) is 56.2 Å². The zero-order chi connectivity index (χ0) is 27.2. The third-order valence-electron chi connectivity index (χ3n) is 4.47. The number of hydrogen-bond acceptors (Lipinski definition) is 5. The smallest absolute Gasteiger partial charge is 0.399 e. The summed E-state index contributed by atoms with van der Waals surface area (Å²) in [6.07, 6.45) is 0. The number of hydrogen-bond donors (Lipinski definition) is 0. The maximum Gasteiger partial charge on any atom is 0.496 e. The summed E-state index contributed by atoms with van der Waals surface area (Å²) >= 11 is 0. The average molecular weight is 338 g/mol. The van der Waals surface area contributed by atoms with Gasteiger partial charge in [-0.05, 0) is 46.8 Å². The van der Waals surface area contributed by atoms with E-state index in [2.05, 4.69) is 0 Å². The first-order chi connectivity index (χ1) is 15.5. The van der Waals surface area contributed by atoms with Gasteiger partial charge in [0.15, 0.2) is 0 Å². The second-order valence-electron chi connectivity index (χ2n) is 6.59. The first-order valence-corrected chi connectivity index (χ1v) is 7.47. The Labute approximate surface area is 160 Å². The molecule has 2 aliphatic rings. The summed E-state index contributed by atoms with van der Waals surface area (Å²) in [5, 5.41) is 9.78. The molecule has 2 aliphatic heterocycles. The number of piperazine rings is 1. The fourth-order valence-electron chi connectivity index (χ4n) is 2.34. The molecule has 1 aromatic rings. The molecular weight excluding hydrogens is 301 g/mol. The second kappa shape index (κ2) is 6.07. The third kappa shape index (κ3) is 3.04. The molecule has 0 radical (unpaired) electrons. The summed E-state index contributed by atoms with van der Waals surface area (Å²) in [6, 6.07) is 5.52. The number of rotatable bonds is 2. The van der Waals surface area contributed by atoms with Gasteiger partial charge in [0.1, 0.15) is 0 Å². The van der Waals surface area contributed by atoms with Crippen LogP contribution in [0.25, 0.3) is 0 Å². The molecule has 0 atom stereocenters. The lowest BCUT2D eigenvalue weighted by atomic mass is 9.76. The van der Waals surface area contributed by atoms with Gasteiger partial charge in [-0.1, -0.05) is 6.07 Å². The molecule has 0 N–H and O–H groups in total. The standard InChI is InChI=1S/C18H26BN3O2/c1-17(2)18(3,4)24-19(23-17)16-7-6-15(12-14(16)13-20)22-10-8-21(5)9-11-22/h6-7,12H,8-11H2,1-5H3/i5D3,8D2,9D2,10D2,11D2. The van der Waals surface area contributed by atoms with E-state index in [1.54, 1.807) is 0 Å². The molecule has 6 heteroatoms. The summed E-state index contributed by atoms with van der Waals surface area (Å²) in [7, 11) is -0.970. The SMILES string of the molecule is [2H]C([2H])([2H])N1C([2H])([2H])C([2H])([2H])N(c2ccc(B3OC(C)(C)C(C)(C)O3)c(C#N)c2)C([2H])([2H])C1([2H])[2H]. The number of nitrogens with zero attached hydrogens (tertiary/aromatic N) is 3. The minimum Gasteiger partial charge on any atom is -0.399 e. The van der Waals surface area contributed by atoms with Gasteiger partial charge in [-0.15, -0.1) is 0 Å². The number of benzene rings is 1. The van der Waals surface area contributed by atoms with Gasteiger partial charge < -0.3 is 19.1 Å². The van der Waals surface area contributed by atoms with Crippen LogP contribution < -0.4 is 10.4 Å². The molecule has 0 spiro atoms. The zero-order valence-electron chi connectivity index (χ0n) is 25.0. The fraction of sp³-hybridized carbons (Fsp3) is 0.611. The van der Waals surface area contributed by atoms with Crippen molar-refractivity contribution in [2.45, 2.75) is 38.9 Å². The van der Waals surface area contributed by atoms with Crippen molar-refractivity contribution in [2.24, 2.45) is 0 Å². The van der Waals surface area contributed by atoms with Crippen molar-refractivity contribution in [3.8, 4) is 6.07 Å². The molecule has 0 aliphatic carbocycles. The van der Waals surface area contributed by atoms with Crippen LogP contribution in [0, 0.1) is 11.3 Å². The van der Waals surface area contributed by atoms with Gasteiger partial charge in [0.25, 0.3) is 0 Å². The Morgan fingerprint density at radius 1 is 1.17 bits per heavy atom. The monoisotopic (exact) mass is 338 g/mol. The van der Waals surface area contributed by atoms with Gasteiger partial charge in [-0.3, -0.25) is 0 Å². The van der Waals surface area contributed by atoms with Crippen LogP contribution in [0.15, 0.2) is 18.2 Å². The number of likely N-dealkylation sites (N-methyl/N-ethyl adjacent to an activating group) is 1. The van der Waals surface area contributed by atoms with Crippen molar-refractivity contribution >= 4 is 18.3 Å². The molecule has 0 bridgehead atoms. The van der Waals surface area contributed by atoms with E-state index in [0.717, 1.165) is 6.07 Å². The normalized spacial score (nSPS) is 39.0. The van der Waals surface area contributed by atoms with Gasteiger partial charge >= 0.3 is 7.12 Å². The van der Waals surface area contributed by atoms with Crippen LogP contribution >= 0.6 is 0 Å².